The van der Waals surface area contributed by atoms with Gasteiger partial charge in [0, 0.05) is 11.1 Å². The van der Waals surface area contributed by atoms with Gasteiger partial charge in [0.25, 0.3) is 0 Å². The van der Waals surface area contributed by atoms with Crippen molar-refractivity contribution in [2.24, 2.45) is 5.92 Å². The maximum Gasteiger partial charge on any atom is 0.230 e. The number of rotatable bonds is 5. The first kappa shape index (κ1) is 17.2. The van der Waals surface area contributed by atoms with Crippen LogP contribution in [0, 0.1) is 5.92 Å². The van der Waals surface area contributed by atoms with E-state index in [0.29, 0.717) is 21.8 Å². The Morgan fingerprint density at radius 3 is 3.04 bits per heavy atom. The Morgan fingerprint density at radius 1 is 1.42 bits per heavy atom. The summed E-state index contributed by atoms with van der Waals surface area (Å²) in [6.07, 6.45) is 4.70. The van der Waals surface area contributed by atoms with Crippen LogP contribution in [0.2, 0.25) is 5.02 Å². The van der Waals surface area contributed by atoms with Crippen molar-refractivity contribution in [2.75, 3.05) is 5.75 Å². The van der Waals surface area contributed by atoms with Gasteiger partial charge in [0.05, 0.1) is 11.4 Å². The number of nitrogens with zero attached hydrogens (tertiary/aromatic N) is 4. The number of aromatic nitrogens is 4. The highest BCUT2D eigenvalue weighted by atomic mass is 35.5. The van der Waals surface area contributed by atoms with Crippen LogP contribution in [0.25, 0.3) is 5.69 Å². The van der Waals surface area contributed by atoms with E-state index in [2.05, 4.69) is 27.8 Å². The molecular formula is C16H20ClN5OS. The predicted octanol–water partition coefficient (Wildman–Crippen LogP) is 3.10. The average molecular weight is 366 g/mol. The van der Waals surface area contributed by atoms with Crippen molar-refractivity contribution in [2.45, 2.75) is 43.8 Å². The van der Waals surface area contributed by atoms with E-state index >= 15 is 0 Å². The van der Waals surface area contributed by atoms with Gasteiger partial charge in [0.15, 0.2) is 0 Å². The summed E-state index contributed by atoms with van der Waals surface area (Å²) in [4.78, 5) is 12.2. The molecule has 24 heavy (non-hydrogen) atoms. The molecular weight excluding hydrogens is 346 g/mol. The van der Waals surface area contributed by atoms with Crippen LogP contribution in [0.5, 0.6) is 0 Å². The first-order chi connectivity index (χ1) is 11.6. The Morgan fingerprint density at radius 2 is 2.25 bits per heavy atom. The van der Waals surface area contributed by atoms with Crippen molar-refractivity contribution in [3.8, 4) is 5.69 Å². The number of hydrogen-bond donors (Lipinski definition) is 1. The molecule has 1 fully saturated rings. The smallest absolute Gasteiger partial charge is 0.230 e. The summed E-state index contributed by atoms with van der Waals surface area (Å²) in [5.74, 6) is 0.869. The van der Waals surface area contributed by atoms with E-state index in [1.54, 1.807) is 16.8 Å². The highest BCUT2D eigenvalue weighted by Gasteiger charge is 2.23. The zero-order valence-electron chi connectivity index (χ0n) is 13.5. The molecule has 1 heterocycles. The topological polar surface area (TPSA) is 72.7 Å². The number of benzene rings is 1. The van der Waals surface area contributed by atoms with Crippen molar-refractivity contribution in [3.05, 3.63) is 29.3 Å². The Bertz CT molecular complexity index is 707. The Kier molecular flexibility index (Phi) is 5.73. The minimum Gasteiger partial charge on any atom is -0.352 e. The molecule has 1 aromatic heterocycles. The molecule has 8 heteroatoms. The molecule has 128 valence electrons. The number of amides is 1. The number of nitrogens with one attached hydrogen (secondary N) is 1. The van der Waals surface area contributed by atoms with E-state index < -0.39 is 0 Å². The summed E-state index contributed by atoms with van der Waals surface area (Å²) >= 11 is 7.33. The molecule has 1 aromatic carbocycles. The standard InChI is InChI=1S/C16H20ClN5OS/c1-11-5-2-3-8-14(11)18-15(23)10-24-16-19-20-21-22(16)13-7-4-6-12(17)9-13/h4,6-7,9,11,14H,2-3,5,8,10H2,1H3,(H,18,23). The maximum atomic E-state index is 12.2. The molecule has 0 saturated heterocycles. The quantitative estimate of drug-likeness (QED) is 0.824. The van der Waals surface area contributed by atoms with Crippen LogP contribution in [0.15, 0.2) is 29.4 Å². The summed E-state index contributed by atoms with van der Waals surface area (Å²) in [7, 11) is 0. The lowest BCUT2D eigenvalue weighted by atomic mass is 9.86. The fourth-order valence-corrected chi connectivity index (χ4v) is 3.83. The zero-order valence-corrected chi connectivity index (χ0v) is 15.1. The summed E-state index contributed by atoms with van der Waals surface area (Å²) < 4.78 is 1.59. The SMILES string of the molecule is CC1CCCCC1NC(=O)CSc1nnnn1-c1cccc(Cl)c1. The number of hydrogen-bond acceptors (Lipinski definition) is 5. The summed E-state index contributed by atoms with van der Waals surface area (Å²) in [6, 6.07) is 7.57. The lowest BCUT2D eigenvalue weighted by Crippen LogP contribution is -2.41. The molecule has 0 aliphatic heterocycles. The van der Waals surface area contributed by atoms with E-state index in [4.69, 9.17) is 11.6 Å². The molecule has 3 rings (SSSR count). The third-order valence-electron chi connectivity index (χ3n) is 4.28. The van der Waals surface area contributed by atoms with Gasteiger partial charge in [-0.1, -0.05) is 49.2 Å². The molecule has 0 radical (unpaired) electrons. The Hall–Kier alpha value is -1.60. The van der Waals surface area contributed by atoms with Gasteiger partial charge < -0.3 is 5.32 Å². The van der Waals surface area contributed by atoms with Gasteiger partial charge in [-0.3, -0.25) is 4.79 Å². The number of halogens is 1. The van der Waals surface area contributed by atoms with E-state index in [0.717, 1.165) is 12.1 Å². The van der Waals surface area contributed by atoms with Gasteiger partial charge in [0.2, 0.25) is 11.1 Å². The van der Waals surface area contributed by atoms with Gasteiger partial charge in [-0.05, 0) is 47.4 Å². The van der Waals surface area contributed by atoms with Crippen LogP contribution < -0.4 is 5.32 Å². The third-order valence-corrected chi connectivity index (χ3v) is 5.44. The van der Waals surface area contributed by atoms with Crippen molar-refractivity contribution < 1.29 is 4.79 Å². The predicted molar refractivity (Wildman–Crippen MR) is 94.5 cm³/mol. The zero-order chi connectivity index (χ0) is 16.9. The van der Waals surface area contributed by atoms with Crippen molar-refractivity contribution in [1.29, 1.82) is 0 Å². The lowest BCUT2D eigenvalue weighted by molar-refractivity contribution is -0.119. The van der Waals surface area contributed by atoms with E-state index in [9.17, 15) is 4.79 Å². The molecule has 1 amide bonds. The van der Waals surface area contributed by atoms with Crippen LogP contribution in [0.1, 0.15) is 32.6 Å². The molecule has 2 atom stereocenters. The fraction of sp³-hybridized carbons (Fsp3) is 0.500. The average Bonchev–Trinajstić information content (AvgIpc) is 3.04. The number of carbonyl (C=O) groups is 1. The second-order valence-corrected chi connectivity index (χ2v) is 7.46. The molecule has 0 spiro atoms. The Balaban J connectivity index is 1.59. The first-order valence-electron chi connectivity index (χ1n) is 8.10. The van der Waals surface area contributed by atoms with Crippen LogP contribution in [-0.4, -0.2) is 37.9 Å². The summed E-state index contributed by atoms with van der Waals surface area (Å²) in [5.41, 5.74) is 0.774. The van der Waals surface area contributed by atoms with Crippen molar-refractivity contribution in [3.63, 3.8) is 0 Å². The largest absolute Gasteiger partial charge is 0.352 e. The van der Waals surface area contributed by atoms with Gasteiger partial charge >= 0.3 is 0 Å². The molecule has 1 aliphatic rings. The van der Waals surface area contributed by atoms with Gasteiger partial charge in [-0.15, -0.1) is 5.10 Å². The minimum absolute atomic E-state index is 0.0272. The van der Waals surface area contributed by atoms with Gasteiger partial charge in [-0.25, -0.2) is 0 Å². The van der Waals surface area contributed by atoms with Crippen LogP contribution in [0.3, 0.4) is 0 Å². The molecule has 6 nitrogen and oxygen atoms in total. The normalized spacial score (nSPS) is 20.8. The van der Waals surface area contributed by atoms with Crippen LogP contribution in [-0.2, 0) is 4.79 Å². The molecule has 2 aromatic rings. The van der Waals surface area contributed by atoms with E-state index in [-0.39, 0.29) is 11.9 Å². The van der Waals surface area contributed by atoms with E-state index in [1.165, 1.54) is 31.0 Å². The third kappa shape index (κ3) is 4.27. The van der Waals surface area contributed by atoms with Gasteiger partial charge in [0.1, 0.15) is 0 Å². The summed E-state index contributed by atoms with van der Waals surface area (Å²) in [6.45, 7) is 2.21. The van der Waals surface area contributed by atoms with Crippen LogP contribution >= 0.6 is 23.4 Å². The first-order valence-corrected chi connectivity index (χ1v) is 9.46. The second kappa shape index (κ2) is 7.98. The van der Waals surface area contributed by atoms with E-state index in [1.807, 2.05) is 12.1 Å². The van der Waals surface area contributed by atoms with Crippen molar-refractivity contribution in [1.82, 2.24) is 25.5 Å². The molecule has 0 bridgehead atoms. The fourth-order valence-electron chi connectivity index (χ4n) is 2.95. The summed E-state index contributed by atoms with van der Waals surface area (Å²) in [5, 5.41) is 16.0. The molecule has 1 saturated carbocycles. The monoisotopic (exact) mass is 365 g/mol. The Labute approximate surface area is 150 Å². The number of tetrazole rings is 1. The molecule has 1 N–H and O–H groups in total. The minimum atomic E-state index is 0.0272. The highest BCUT2D eigenvalue weighted by molar-refractivity contribution is 7.99. The second-order valence-electron chi connectivity index (χ2n) is 6.08. The number of carbonyl (C=O) groups excluding carboxylic acids is 1. The molecule has 2 unspecified atom stereocenters. The maximum absolute atomic E-state index is 12.2. The molecule has 1 aliphatic carbocycles. The van der Waals surface area contributed by atoms with Crippen molar-refractivity contribution >= 4 is 29.3 Å². The van der Waals surface area contributed by atoms with Gasteiger partial charge in [-0.2, -0.15) is 4.68 Å². The highest BCUT2D eigenvalue weighted by Crippen LogP contribution is 2.24. The van der Waals surface area contributed by atoms with Crippen LogP contribution in [0.4, 0.5) is 0 Å². The number of thioether (sulfide) groups is 1. The lowest BCUT2D eigenvalue weighted by Gasteiger charge is -2.29.